The first kappa shape index (κ1) is 36.4. The number of rotatable bonds is 16. The zero-order chi connectivity index (χ0) is 32.5. The second-order valence-electron chi connectivity index (χ2n) is 14.8. The predicted molar refractivity (Wildman–Crippen MR) is 202 cm³/mol. The molecule has 4 aromatic rings. The van der Waals surface area contributed by atoms with Crippen molar-refractivity contribution < 1.29 is 5.73 Å². The van der Waals surface area contributed by atoms with Gasteiger partial charge in [-0.1, -0.05) is 182 Å². The SMILES string of the molecule is CC(C)CCC(CCC[NH3+])(CCC(C)C)CCC(C)C.c1ccc([B-](c2ccccc2)(c2ccccc2)c2ccccc2)cc1. The lowest BCUT2D eigenvalue weighted by molar-refractivity contribution is -0.369. The maximum Gasteiger partial charge on any atom is 0.108 e. The van der Waals surface area contributed by atoms with Gasteiger partial charge in [-0.2, -0.15) is 21.9 Å². The molecular formula is C43H62BN. The summed E-state index contributed by atoms with van der Waals surface area (Å²) >= 11 is 0. The molecule has 0 amide bonds. The van der Waals surface area contributed by atoms with Crippen LogP contribution in [0.1, 0.15) is 92.9 Å². The Kier molecular flexibility index (Phi) is 15.2. The lowest BCUT2D eigenvalue weighted by Gasteiger charge is -2.44. The highest BCUT2D eigenvalue weighted by atomic mass is 14.5. The van der Waals surface area contributed by atoms with Crippen molar-refractivity contribution in [2.45, 2.75) is 92.9 Å². The summed E-state index contributed by atoms with van der Waals surface area (Å²) in [7, 11) is 0. The van der Waals surface area contributed by atoms with Crippen molar-refractivity contribution in [3.8, 4) is 0 Å². The van der Waals surface area contributed by atoms with Gasteiger partial charge >= 0.3 is 0 Å². The summed E-state index contributed by atoms with van der Waals surface area (Å²) in [5, 5.41) is 0. The van der Waals surface area contributed by atoms with Crippen LogP contribution in [0.15, 0.2) is 121 Å². The Morgan fingerprint density at radius 1 is 0.444 bits per heavy atom. The van der Waals surface area contributed by atoms with E-state index in [0.29, 0.717) is 5.41 Å². The number of quaternary nitrogens is 1. The van der Waals surface area contributed by atoms with Crippen LogP contribution in [0.2, 0.25) is 0 Å². The molecule has 0 aliphatic heterocycles. The summed E-state index contributed by atoms with van der Waals surface area (Å²) < 4.78 is 0. The highest BCUT2D eigenvalue weighted by Gasteiger charge is 2.31. The molecule has 4 aromatic carbocycles. The second kappa shape index (κ2) is 18.8. The van der Waals surface area contributed by atoms with Crippen LogP contribution in [0.4, 0.5) is 0 Å². The zero-order valence-corrected chi connectivity index (χ0v) is 29.4. The Balaban J connectivity index is 0.000000254. The van der Waals surface area contributed by atoms with Gasteiger partial charge in [-0.05, 0) is 55.3 Å². The highest BCUT2D eigenvalue weighted by Crippen LogP contribution is 2.42. The van der Waals surface area contributed by atoms with E-state index in [1.54, 1.807) is 0 Å². The molecule has 0 bridgehead atoms. The fourth-order valence-electron chi connectivity index (χ4n) is 7.16. The van der Waals surface area contributed by atoms with Crippen LogP contribution < -0.4 is 27.6 Å². The van der Waals surface area contributed by atoms with Crippen LogP contribution in [0, 0.1) is 23.2 Å². The molecule has 0 heterocycles. The Morgan fingerprint density at radius 2 is 0.711 bits per heavy atom. The van der Waals surface area contributed by atoms with Gasteiger partial charge in [0.25, 0.3) is 0 Å². The first-order valence-electron chi connectivity index (χ1n) is 17.9. The molecule has 3 N–H and O–H groups in total. The number of hydrogen-bond donors (Lipinski definition) is 1. The maximum atomic E-state index is 4.07. The van der Waals surface area contributed by atoms with Crippen LogP contribution >= 0.6 is 0 Å². The normalized spacial score (nSPS) is 12.0. The van der Waals surface area contributed by atoms with Gasteiger partial charge in [0.2, 0.25) is 0 Å². The molecular weight excluding hydrogens is 541 g/mol. The summed E-state index contributed by atoms with van der Waals surface area (Å²) in [6, 6.07) is 43.5. The minimum absolute atomic E-state index is 0.608. The van der Waals surface area contributed by atoms with E-state index in [1.165, 1.54) is 73.2 Å². The molecule has 0 aromatic heterocycles. The van der Waals surface area contributed by atoms with Crippen molar-refractivity contribution in [3.63, 3.8) is 0 Å². The minimum Gasteiger partial charge on any atom is -0.358 e. The smallest absolute Gasteiger partial charge is 0.108 e. The van der Waals surface area contributed by atoms with E-state index in [0.717, 1.165) is 24.3 Å². The van der Waals surface area contributed by atoms with Gasteiger partial charge in [-0.15, -0.1) is 0 Å². The molecule has 0 radical (unpaired) electrons. The second-order valence-corrected chi connectivity index (χ2v) is 14.8. The summed E-state index contributed by atoms with van der Waals surface area (Å²) in [4.78, 5) is 0. The lowest BCUT2D eigenvalue weighted by atomic mass is 9.13. The van der Waals surface area contributed by atoms with E-state index >= 15 is 0 Å². The molecule has 0 atom stereocenters. The van der Waals surface area contributed by atoms with Gasteiger partial charge in [-0.3, -0.25) is 0 Å². The molecule has 0 saturated heterocycles. The van der Waals surface area contributed by atoms with Crippen molar-refractivity contribution in [2.24, 2.45) is 23.2 Å². The zero-order valence-electron chi connectivity index (χ0n) is 29.4. The Labute approximate surface area is 277 Å². The van der Waals surface area contributed by atoms with E-state index in [2.05, 4.69) is 169 Å². The van der Waals surface area contributed by atoms with Crippen molar-refractivity contribution in [1.29, 1.82) is 0 Å². The first-order chi connectivity index (χ1) is 21.7. The number of benzene rings is 4. The lowest BCUT2D eigenvalue weighted by Crippen LogP contribution is -2.74. The topological polar surface area (TPSA) is 27.6 Å². The Bertz CT molecular complexity index is 1100. The molecule has 0 aliphatic carbocycles. The van der Waals surface area contributed by atoms with Crippen LogP contribution in [0.25, 0.3) is 0 Å². The summed E-state index contributed by atoms with van der Waals surface area (Å²) in [5.74, 6) is 2.52. The van der Waals surface area contributed by atoms with E-state index in [4.69, 9.17) is 0 Å². The Hall–Kier alpha value is -3.10. The monoisotopic (exact) mass is 603 g/mol. The van der Waals surface area contributed by atoms with Crippen molar-refractivity contribution in [1.82, 2.24) is 0 Å². The first-order valence-corrected chi connectivity index (χ1v) is 17.9. The fraction of sp³-hybridized carbons (Fsp3) is 0.442. The van der Waals surface area contributed by atoms with Gasteiger partial charge in [0, 0.05) is 0 Å². The van der Waals surface area contributed by atoms with Gasteiger partial charge < -0.3 is 5.73 Å². The molecule has 0 saturated carbocycles. The summed E-state index contributed by atoms with van der Waals surface area (Å²) in [5.41, 5.74) is 10.0. The summed E-state index contributed by atoms with van der Waals surface area (Å²) in [6.07, 6.45) is 10.00. The minimum atomic E-state index is -1.22. The quantitative estimate of drug-likeness (QED) is 0.125. The molecule has 0 spiro atoms. The largest absolute Gasteiger partial charge is 0.358 e. The van der Waals surface area contributed by atoms with Gasteiger partial charge in [-0.25, -0.2) is 0 Å². The third-order valence-corrected chi connectivity index (χ3v) is 9.91. The molecule has 45 heavy (non-hydrogen) atoms. The third-order valence-electron chi connectivity index (χ3n) is 9.91. The molecule has 4 rings (SSSR count). The van der Waals surface area contributed by atoms with E-state index in [1.807, 2.05) is 0 Å². The standard InChI is InChI=1S/C24H20B.C19H41N/c1-5-13-21(14-6-1)25(22-15-7-2-8-16-22,23-17-9-3-10-18-23)24-19-11-4-12-20-24;1-16(2)8-12-19(11-7-15-20,13-9-17(3)4)14-10-18(5)6/h1-20H;16-18H,7-15,20H2,1-6H3/q-1;/p+1. The molecule has 0 unspecified atom stereocenters. The molecule has 0 fully saturated rings. The molecule has 0 aliphatic rings. The predicted octanol–water partition coefficient (Wildman–Crippen LogP) is 8.37. The third kappa shape index (κ3) is 10.7. The number of hydrogen-bond acceptors (Lipinski definition) is 0. The molecule has 242 valence electrons. The van der Waals surface area contributed by atoms with E-state index in [9.17, 15) is 0 Å². The fourth-order valence-corrected chi connectivity index (χ4v) is 7.16. The van der Waals surface area contributed by atoms with Crippen LogP contribution in [-0.2, 0) is 0 Å². The van der Waals surface area contributed by atoms with Gasteiger partial charge in [0.15, 0.2) is 0 Å². The van der Waals surface area contributed by atoms with Crippen LogP contribution in [0.3, 0.4) is 0 Å². The highest BCUT2D eigenvalue weighted by molar-refractivity contribution is 7.19. The average Bonchev–Trinajstić information content (AvgIpc) is 3.07. The molecule has 1 nitrogen and oxygen atoms in total. The average molecular weight is 604 g/mol. The van der Waals surface area contributed by atoms with Gasteiger partial charge in [0.05, 0.1) is 6.54 Å². The van der Waals surface area contributed by atoms with E-state index in [-0.39, 0.29) is 0 Å². The van der Waals surface area contributed by atoms with Crippen molar-refractivity contribution >= 4 is 28.0 Å². The van der Waals surface area contributed by atoms with Gasteiger partial charge in [0.1, 0.15) is 6.15 Å². The van der Waals surface area contributed by atoms with Crippen molar-refractivity contribution in [2.75, 3.05) is 6.54 Å². The van der Waals surface area contributed by atoms with Crippen LogP contribution in [-0.4, -0.2) is 12.7 Å². The maximum absolute atomic E-state index is 4.07. The van der Waals surface area contributed by atoms with E-state index < -0.39 is 6.15 Å². The van der Waals surface area contributed by atoms with Crippen molar-refractivity contribution in [3.05, 3.63) is 121 Å². The molecule has 2 heteroatoms. The Morgan fingerprint density at radius 3 is 0.933 bits per heavy atom. The van der Waals surface area contributed by atoms with Crippen LogP contribution in [0.5, 0.6) is 0 Å². The summed E-state index contributed by atoms with van der Waals surface area (Å²) in [6.45, 7) is 15.3.